The summed E-state index contributed by atoms with van der Waals surface area (Å²) in [6.45, 7) is 0. The molecule has 1 rings (SSSR count). The Labute approximate surface area is 101 Å². The van der Waals surface area contributed by atoms with E-state index in [1.165, 1.54) is 17.0 Å². The second-order valence-corrected chi connectivity index (χ2v) is 5.97. The summed E-state index contributed by atoms with van der Waals surface area (Å²) in [4.78, 5) is 12.8. The topological polar surface area (TPSA) is 80.5 Å². The molecule has 1 aromatic carbocycles. The number of hydrogen-bond donors (Lipinski definition) is 1. The normalized spacial score (nSPS) is 11.2. The van der Waals surface area contributed by atoms with Crippen molar-refractivity contribution in [3.63, 3.8) is 0 Å². The lowest BCUT2D eigenvalue weighted by molar-refractivity contribution is -0.128. The Kier molecular flexibility index (Phi) is 4.11. The Hall–Kier alpha value is -1.56. The van der Waals surface area contributed by atoms with Crippen LogP contribution in [0.5, 0.6) is 0 Å². The Morgan fingerprint density at radius 2 is 1.88 bits per heavy atom. The SMILES string of the molecule is CN(C)C(=O)CCS(=O)(=O)c1ccccc1N. The van der Waals surface area contributed by atoms with Gasteiger partial charge in [-0.1, -0.05) is 12.1 Å². The second-order valence-electron chi connectivity index (χ2n) is 3.89. The minimum absolute atomic E-state index is 0.0380. The molecule has 0 saturated heterocycles. The highest BCUT2D eigenvalue weighted by Crippen LogP contribution is 2.19. The van der Waals surface area contributed by atoms with Gasteiger partial charge in [-0.15, -0.1) is 0 Å². The molecule has 0 atom stereocenters. The standard InChI is InChI=1S/C11H16N2O3S/c1-13(2)11(14)7-8-17(15,16)10-6-4-3-5-9(10)12/h3-6H,7-8,12H2,1-2H3. The van der Waals surface area contributed by atoms with Crippen molar-refractivity contribution in [3.05, 3.63) is 24.3 Å². The summed E-state index contributed by atoms with van der Waals surface area (Å²) in [5.41, 5.74) is 5.81. The van der Waals surface area contributed by atoms with Crippen LogP contribution in [0.4, 0.5) is 5.69 Å². The van der Waals surface area contributed by atoms with Gasteiger partial charge in [-0.3, -0.25) is 4.79 Å². The van der Waals surface area contributed by atoms with Crippen molar-refractivity contribution in [2.45, 2.75) is 11.3 Å². The smallest absolute Gasteiger partial charge is 0.223 e. The molecule has 1 amide bonds. The van der Waals surface area contributed by atoms with Gasteiger partial charge < -0.3 is 10.6 Å². The molecule has 94 valence electrons. The van der Waals surface area contributed by atoms with E-state index in [4.69, 9.17) is 5.73 Å². The van der Waals surface area contributed by atoms with Crippen molar-refractivity contribution in [2.24, 2.45) is 0 Å². The molecular formula is C11H16N2O3S. The average molecular weight is 256 g/mol. The van der Waals surface area contributed by atoms with Crippen LogP contribution in [0.2, 0.25) is 0 Å². The summed E-state index contributed by atoms with van der Waals surface area (Å²) in [5, 5.41) is 0. The number of anilines is 1. The molecule has 2 N–H and O–H groups in total. The first-order valence-electron chi connectivity index (χ1n) is 5.12. The lowest BCUT2D eigenvalue weighted by Crippen LogP contribution is -2.24. The molecule has 0 heterocycles. The first-order chi connectivity index (χ1) is 7.84. The van der Waals surface area contributed by atoms with Crippen LogP contribution in [0.25, 0.3) is 0 Å². The highest BCUT2D eigenvalue weighted by Gasteiger charge is 2.19. The van der Waals surface area contributed by atoms with E-state index >= 15 is 0 Å². The van der Waals surface area contributed by atoms with E-state index in [0.29, 0.717) is 0 Å². The number of hydrogen-bond acceptors (Lipinski definition) is 4. The predicted molar refractivity (Wildman–Crippen MR) is 66.2 cm³/mol. The van der Waals surface area contributed by atoms with Crippen molar-refractivity contribution >= 4 is 21.4 Å². The van der Waals surface area contributed by atoms with Crippen LogP contribution < -0.4 is 5.73 Å². The van der Waals surface area contributed by atoms with Gasteiger partial charge in [-0.2, -0.15) is 0 Å². The minimum atomic E-state index is -3.49. The number of para-hydroxylation sites is 1. The van der Waals surface area contributed by atoms with Crippen LogP contribution in [-0.2, 0) is 14.6 Å². The fourth-order valence-corrected chi connectivity index (χ4v) is 2.70. The van der Waals surface area contributed by atoms with E-state index in [-0.39, 0.29) is 28.7 Å². The molecule has 5 nitrogen and oxygen atoms in total. The number of sulfone groups is 1. The van der Waals surface area contributed by atoms with Crippen molar-refractivity contribution in [3.8, 4) is 0 Å². The quantitative estimate of drug-likeness (QED) is 0.796. The molecule has 0 unspecified atom stereocenters. The zero-order valence-corrected chi connectivity index (χ0v) is 10.7. The van der Waals surface area contributed by atoms with Gasteiger partial charge in [0.05, 0.1) is 16.3 Å². The van der Waals surface area contributed by atoms with Gasteiger partial charge in [0, 0.05) is 20.5 Å². The fraction of sp³-hybridized carbons (Fsp3) is 0.364. The maximum atomic E-state index is 11.9. The predicted octanol–water partition coefficient (Wildman–Crippen LogP) is 0.521. The number of nitrogens with two attached hydrogens (primary N) is 1. The van der Waals surface area contributed by atoms with Gasteiger partial charge in [-0.05, 0) is 12.1 Å². The molecule has 0 aliphatic heterocycles. The fourth-order valence-electron chi connectivity index (χ4n) is 1.32. The highest BCUT2D eigenvalue weighted by atomic mass is 32.2. The van der Waals surface area contributed by atoms with Crippen LogP contribution in [0.15, 0.2) is 29.2 Å². The van der Waals surface area contributed by atoms with Gasteiger partial charge in [-0.25, -0.2) is 8.42 Å². The van der Waals surface area contributed by atoms with Crippen molar-refractivity contribution in [1.29, 1.82) is 0 Å². The molecule has 0 aliphatic carbocycles. The molecule has 0 aliphatic rings. The van der Waals surface area contributed by atoms with E-state index < -0.39 is 9.84 Å². The zero-order valence-electron chi connectivity index (χ0n) is 9.88. The van der Waals surface area contributed by atoms with Crippen molar-refractivity contribution < 1.29 is 13.2 Å². The number of carbonyl (C=O) groups is 1. The van der Waals surface area contributed by atoms with E-state index in [1.807, 2.05) is 0 Å². The zero-order chi connectivity index (χ0) is 13.1. The van der Waals surface area contributed by atoms with Crippen LogP contribution in [-0.4, -0.2) is 39.1 Å². The van der Waals surface area contributed by atoms with Gasteiger partial charge in [0.15, 0.2) is 9.84 Å². The number of benzene rings is 1. The number of nitrogens with zero attached hydrogens (tertiary/aromatic N) is 1. The summed E-state index contributed by atoms with van der Waals surface area (Å²) in [7, 11) is -0.314. The van der Waals surface area contributed by atoms with Crippen LogP contribution in [0.1, 0.15) is 6.42 Å². The largest absolute Gasteiger partial charge is 0.398 e. The molecule has 0 radical (unpaired) electrons. The Morgan fingerprint density at radius 3 is 2.41 bits per heavy atom. The van der Waals surface area contributed by atoms with Gasteiger partial charge in [0.25, 0.3) is 0 Å². The molecule has 0 spiro atoms. The molecular weight excluding hydrogens is 240 g/mol. The Bertz CT molecular complexity index is 509. The van der Waals surface area contributed by atoms with Gasteiger partial charge >= 0.3 is 0 Å². The average Bonchev–Trinajstić information content (AvgIpc) is 2.26. The lowest BCUT2D eigenvalue weighted by atomic mass is 10.3. The van der Waals surface area contributed by atoms with E-state index in [9.17, 15) is 13.2 Å². The van der Waals surface area contributed by atoms with Gasteiger partial charge in [0.1, 0.15) is 0 Å². The summed E-state index contributed by atoms with van der Waals surface area (Å²) in [6, 6.07) is 6.25. The minimum Gasteiger partial charge on any atom is -0.398 e. The first kappa shape index (κ1) is 13.5. The highest BCUT2D eigenvalue weighted by molar-refractivity contribution is 7.91. The number of nitrogen functional groups attached to an aromatic ring is 1. The molecule has 0 fully saturated rings. The molecule has 1 aromatic rings. The summed E-state index contributed by atoms with van der Waals surface area (Å²) in [6.07, 6.45) is -0.0380. The third-order valence-corrected chi connectivity index (χ3v) is 4.12. The van der Waals surface area contributed by atoms with Crippen LogP contribution in [0, 0.1) is 0 Å². The first-order valence-corrected chi connectivity index (χ1v) is 6.77. The maximum absolute atomic E-state index is 11.9. The Balaban J connectivity index is 2.84. The summed E-state index contributed by atoms with van der Waals surface area (Å²) in [5.74, 6) is -0.443. The number of carbonyl (C=O) groups excluding carboxylic acids is 1. The summed E-state index contributed by atoms with van der Waals surface area (Å²) >= 11 is 0. The van der Waals surface area contributed by atoms with E-state index in [2.05, 4.69) is 0 Å². The second kappa shape index (κ2) is 5.18. The lowest BCUT2D eigenvalue weighted by Gasteiger charge is -2.11. The van der Waals surface area contributed by atoms with Crippen molar-refractivity contribution in [1.82, 2.24) is 4.90 Å². The Morgan fingerprint density at radius 1 is 1.29 bits per heavy atom. The summed E-state index contributed by atoms with van der Waals surface area (Å²) < 4.78 is 23.9. The van der Waals surface area contributed by atoms with E-state index in [1.54, 1.807) is 26.2 Å². The number of rotatable bonds is 4. The van der Waals surface area contributed by atoms with Gasteiger partial charge in [0.2, 0.25) is 5.91 Å². The van der Waals surface area contributed by atoms with Crippen LogP contribution >= 0.6 is 0 Å². The van der Waals surface area contributed by atoms with Crippen LogP contribution in [0.3, 0.4) is 0 Å². The van der Waals surface area contributed by atoms with Crippen molar-refractivity contribution in [2.75, 3.05) is 25.6 Å². The van der Waals surface area contributed by atoms with E-state index in [0.717, 1.165) is 0 Å². The molecule has 0 saturated carbocycles. The third kappa shape index (κ3) is 3.45. The molecule has 0 bridgehead atoms. The molecule has 0 aromatic heterocycles. The molecule has 6 heteroatoms. The monoisotopic (exact) mass is 256 g/mol. The number of amides is 1. The molecule has 17 heavy (non-hydrogen) atoms. The maximum Gasteiger partial charge on any atom is 0.223 e. The third-order valence-electron chi connectivity index (χ3n) is 2.34.